The number of benzene rings is 1. The highest BCUT2D eigenvalue weighted by molar-refractivity contribution is 5.27. The number of nitrogens with one attached hydrogen (secondary N) is 1. The van der Waals surface area contributed by atoms with E-state index in [0.717, 1.165) is 44.9 Å². The molecule has 1 N–H and O–H groups in total. The maximum atomic E-state index is 5.20. The van der Waals surface area contributed by atoms with Crippen LogP contribution in [0.15, 0.2) is 24.3 Å². The van der Waals surface area contributed by atoms with Crippen LogP contribution in [-0.2, 0) is 15.9 Å². The van der Waals surface area contributed by atoms with Crippen LogP contribution in [0.5, 0.6) is 5.75 Å². The maximum Gasteiger partial charge on any atom is 0.118 e. The minimum atomic E-state index is 0.616. The van der Waals surface area contributed by atoms with E-state index in [1.165, 1.54) is 12.0 Å². The van der Waals surface area contributed by atoms with Crippen molar-refractivity contribution < 1.29 is 14.2 Å². The van der Waals surface area contributed by atoms with E-state index in [4.69, 9.17) is 14.2 Å². The number of ether oxygens (including phenoxy) is 3. The molecule has 0 heterocycles. The van der Waals surface area contributed by atoms with Crippen LogP contribution < -0.4 is 10.1 Å². The van der Waals surface area contributed by atoms with Gasteiger partial charge in [0.15, 0.2) is 0 Å². The molecule has 4 heteroatoms. The molecule has 0 aliphatic heterocycles. The molecule has 0 fully saturated rings. The first-order chi connectivity index (χ1) is 10.3. The van der Waals surface area contributed by atoms with Gasteiger partial charge in [-0.3, -0.25) is 0 Å². The van der Waals surface area contributed by atoms with Crippen molar-refractivity contribution in [2.24, 2.45) is 5.92 Å². The summed E-state index contributed by atoms with van der Waals surface area (Å²) in [5, 5.41) is 3.47. The van der Waals surface area contributed by atoms with E-state index >= 15 is 0 Å². The Balaban J connectivity index is 2.44. The third-order valence-corrected chi connectivity index (χ3v) is 3.56. The van der Waals surface area contributed by atoms with E-state index in [-0.39, 0.29) is 0 Å². The van der Waals surface area contributed by atoms with Crippen molar-refractivity contribution in [3.8, 4) is 5.75 Å². The summed E-state index contributed by atoms with van der Waals surface area (Å²) in [4.78, 5) is 0. The monoisotopic (exact) mass is 295 g/mol. The molecular weight excluding hydrogens is 266 g/mol. The van der Waals surface area contributed by atoms with Crippen molar-refractivity contribution in [3.05, 3.63) is 29.8 Å². The Hall–Kier alpha value is -1.10. The number of hydrogen-bond donors (Lipinski definition) is 1. The van der Waals surface area contributed by atoms with Gasteiger partial charge in [-0.05, 0) is 49.4 Å². The third-order valence-electron chi connectivity index (χ3n) is 3.56. The Morgan fingerprint density at radius 1 is 1.00 bits per heavy atom. The van der Waals surface area contributed by atoms with Crippen LogP contribution in [0, 0.1) is 5.92 Å². The largest absolute Gasteiger partial charge is 0.497 e. The Morgan fingerprint density at radius 2 is 1.71 bits per heavy atom. The molecule has 1 aromatic rings. The van der Waals surface area contributed by atoms with E-state index in [2.05, 4.69) is 17.4 Å². The summed E-state index contributed by atoms with van der Waals surface area (Å²) in [7, 11) is 5.19. The Kier molecular flexibility index (Phi) is 9.87. The van der Waals surface area contributed by atoms with E-state index in [9.17, 15) is 0 Å². The highest BCUT2D eigenvalue weighted by atomic mass is 16.5. The first kappa shape index (κ1) is 18.0. The van der Waals surface area contributed by atoms with Crippen molar-refractivity contribution in [2.75, 3.05) is 47.6 Å². The average molecular weight is 295 g/mol. The standard InChI is InChI=1S/C17H29NO3/c1-19-11-4-5-16(14-18-10-12-20-2)13-15-6-8-17(21-3)9-7-15/h6-9,16,18H,4-5,10-14H2,1-3H3. The normalized spacial score (nSPS) is 12.3. The molecule has 0 bridgehead atoms. The van der Waals surface area contributed by atoms with Crippen molar-refractivity contribution in [2.45, 2.75) is 19.3 Å². The van der Waals surface area contributed by atoms with Crippen LogP contribution in [0.25, 0.3) is 0 Å². The molecule has 0 aliphatic carbocycles. The molecular formula is C17H29NO3. The predicted molar refractivity (Wildman–Crippen MR) is 86.0 cm³/mol. The van der Waals surface area contributed by atoms with Gasteiger partial charge in [0, 0.05) is 27.4 Å². The zero-order chi connectivity index (χ0) is 15.3. The second-order valence-electron chi connectivity index (χ2n) is 5.25. The molecule has 0 saturated carbocycles. The fourth-order valence-corrected chi connectivity index (χ4v) is 2.37. The first-order valence-electron chi connectivity index (χ1n) is 7.61. The number of methoxy groups -OCH3 is 3. The molecule has 0 spiro atoms. The van der Waals surface area contributed by atoms with Gasteiger partial charge in [-0.25, -0.2) is 0 Å². The molecule has 0 aliphatic rings. The highest BCUT2D eigenvalue weighted by Crippen LogP contribution is 2.17. The summed E-state index contributed by atoms with van der Waals surface area (Å²) >= 11 is 0. The smallest absolute Gasteiger partial charge is 0.118 e. The summed E-state index contributed by atoms with van der Waals surface area (Å²) in [6.07, 6.45) is 3.34. The van der Waals surface area contributed by atoms with Crippen molar-refractivity contribution >= 4 is 0 Å². The molecule has 0 aromatic heterocycles. The molecule has 1 aromatic carbocycles. The van der Waals surface area contributed by atoms with Gasteiger partial charge >= 0.3 is 0 Å². The fourth-order valence-electron chi connectivity index (χ4n) is 2.37. The first-order valence-corrected chi connectivity index (χ1v) is 7.61. The molecule has 1 atom stereocenters. The van der Waals surface area contributed by atoms with Crippen LogP contribution in [-0.4, -0.2) is 47.6 Å². The zero-order valence-corrected chi connectivity index (χ0v) is 13.6. The van der Waals surface area contributed by atoms with Gasteiger partial charge in [-0.2, -0.15) is 0 Å². The summed E-state index contributed by atoms with van der Waals surface area (Å²) in [6.45, 7) is 3.50. The minimum Gasteiger partial charge on any atom is -0.497 e. The predicted octanol–water partition coefficient (Wildman–Crippen LogP) is 2.52. The van der Waals surface area contributed by atoms with Crippen molar-refractivity contribution in [1.29, 1.82) is 0 Å². The Labute approximate surface area is 128 Å². The van der Waals surface area contributed by atoms with Crippen LogP contribution in [0.2, 0.25) is 0 Å². The van der Waals surface area contributed by atoms with Crippen molar-refractivity contribution in [3.63, 3.8) is 0 Å². The summed E-state index contributed by atoms with van der Waals surface area (Å²) < 4.78 is 15.4. The fraction of sp³-hybridized carbons (Fsp3) is 0.647. The molecule has 0 amide bonds. The minimum absolute atomic E-state index is 0.616. The lowest BCUT2D eigenvalue weighted by Crippen LogP contribution is -2.27. The van der Waals surface area contributed by atoms with Crippen LogP contribution in [0.4, 0.5) is 0 Å². The van der Waals surface area contributed by atoms with Crippen LogP contribution in [0.1, 0.15) is 18.4 Å². The van der Waals surface area contributed by atoms with Crippen molar-refractivity contribution in [1.82, 2.24) is 5.32 Å². The number of rotatable bonds is 12. The topological polar surface area (TPSA) is 39.7 Å². The van der Waals surface area contributed by atoms with Gasteiger partial charge in [0.05, 0.1) is 13.7 Å². The maximum absolute atomic E-state index is 5.20. The van der Waals surface area contributed by atoms with Gasteiger partial charge in [-0.15, -0.1) is 0 Å². The van der Waals surface area contributed by atoms with E-state index in [0.29, 0.717) is 5.92 Å². The van der Waals surface area contributed by atoms with E-state index < -0.39 is 0 Å². The molecule has 1 rings (SSSR count). The summed E-state index contributed by atoms with van der Waals surface area (Å²) in [5.41, 5.74) is 1.35. The second-order valence-corrected chi connectivity index (χ2v) is 5.25. The van der Waals surface area contributed by atoms with Crippen LogP contribution >= 0.6 is 0 Å². The highest BCUT2D eigenvalue weighted by Gasteiger charge is 2.09. The summed E-state index contributed by atoms with van der Waals surface area (Å²) in [6, 6.07) is 8.36. The lowest BCUT2D eigenvalue weighted by Gasteiger charge is -2.18. The third kappa shape index (κ3) is 8.05. The molecule has 1 unspecified atom stereocenters. The molecule has 21 heavy (non-hydrogen) atoms. The SMILES string of the molecule is COCCCC(CNCCOC)Cc1ccc(OC)cc1. The van der Waals surface area contributed by atoms with Gasteiger partial charge in [-0.1, -0.05) is 12.1 Å². The zero-order valence-electron chi connectivity index (χ0n) is 13.6. The van der Waals surface area contributed by atoms with Gasteiger partial charge in [0.1, 0.15) is 5.75 Å². The molecule has 4 nitrogen and oxygen atoms in total. The average Bonchev–Trinajstić information content (AvgIpc) is 2.52. The van der Waals surface area contributed by atoms with Gasteiger partial charge in [0.2, 0.25) is 0 Å². The lowest BCUT2D eigenvalue weighted by molar-refractivity contribution is 0.183. The van der Waals surface area contributed by atoms with E-state index in [1.54, 1.807) is 21.3 Å². The van der Waals surface area contributed by atoms with Gasteiger partial charge in [0.25, 0.3) is 0 Å². The Bertz CT molecular complexity index is 354. The lowest BCUT2D eigenvalue weighted by atomic mass is 9.94. The molecule has 0 saturated heterocycles. The Morgan fingerprint density at radius 3 is 2.33 bits per heavy atom. The van der Waals surface area contributed by atoms with Gasteiger partial charge < -0.3 is 19.5 Å². The number of hydrogen-bond acceptors (Lipinski definition) is 4. The molecule has 120 valence electrons. The summed E-state index contributed by atoms with van der Waals surface area (Å²) in [5.74, 6) is 1.53. The quantitative estimate of drug-likeness (QED) is 0.602. The second kappa shape index (κ2) is 11.5. The van der Waals surface area contributed by atoms with Crippen LogP contribution in [0.3, 0.4) is 0 Å². The van der Waals surface area contributed by atoms with E-state index in [1.807, 2.05) is 12.1 Å². The molecule has 0 radical (unpaired) electrons.